The largest absolute Gasteiger partial charge is 0.467 e. The fourth-order valence-electron chi connectivity index (χ4n) is 1.38. The molecule has 0 aromatic carbocycles. The first-order chi connectivity index (χ1) is 9.15. The lowest BCUT2D eigenvalue weighted by Gasteiger charge is -2.04. The molecule has 0 bridgehead atoms. The first-order valence-corrected chi connectivity index (χ1v) is 5.69. The van der Waals surface area contributed by atoms with Crippen molar-refractivity contribution in [2.45, 2.75) is 13.5 Å². The van der Waals surface area contributed by atoms with E-state index < -0.39 is 11.8 Å². The van der Waals surface area contributed by atoms with Gasteiger partial charge in [-0.1, -0.05) is 6.07 Å². The van der Waals surface area contributed by atoms with Crippen LogP contribution in [0.1, 0.15) is 11.3 Å². The van der Waals surface area contributed by atoms with Crippen molar-refractivity contribution in [3.05, 3.63) is 48.0 Å². The summed E-state index contributed by atoms with van der Waals surface area (Å²) < 4.78 is 5.04. The van der Waals surface area contributed by atoms with Crippen LogP contribution in [0.5, 0.6) is 0 Å². The number of rotatable bonds is 3. The highest BCUT2D eigenvalue weighted by atomic mass is 16.3. The second-order valence-electron chi connectivity index (χ2n) is 3.94. The Hall–Kier alpha value is -2.63. The summed E-state index contributed by atoms with van der Waals surface area (Å²) in [6.07, 6.45) is 3.11. The van der Waals surface area contributed by atoms with E-state index in [2.05, 4.69) is 15.6 Å². The summed E-state index contributed by atoms with van der Waals surface area (Å²) in [5, 5.41) is 4.85. The van der Waals surface area contributed by atoms with Crippen LogP contribution >= 0.6 is 0 Å². The van der Waals surface area contributed by atoms with Crippen molar-refractivity contribution in [2.24, 2.45) is 0 Å². The zero-order valence-electron chi connectivity index (χ0n) is 10.3. The molecule has 0 aliphatic carbocycles. The van der Waals surface area contributed by atoms with Gasteiger partial charge in [0.25, 0.3) is 0 Å². The van der Waals surface area contributed by atoms with Crippen molar-refractivity contribution in [1.29, 1.82) is 0 Å². The van der Waals surface area contributed by atoms with Crippen molar-refractivity contribution in [3.63, 3.8) is 0 Å². The van der Waals surface area contributed by atoms with Crippen LogP contribution in [-0.4, -0.2) is 16.8 Å². The third-order valence-corrected chi connectivity index (χ3v) is 2.36. The number of anilines is 1. The average molecular weight is 259 g/mol. The number of nitrogens with zero attached hydrogens (tertiary/aromatic N) is 1. The van der Waals surface area contributed by atoms with Crippen LogP contribution in [-0.2, 0) is 16.1 Å². The molecule has 0 fully saturated rings. The second-order valence-corrected chi connectivity index (χ2v) is 3.94. The lowest BCUT2D eigenvalue weighted by Crippen LogP contribution is -2.35. The highest BCUT2D eigenvalue weighted by Gasteiger charge is 2.14. The molecule has 2 amide bonds. The first kappa shape index (κ1) is 12.8. The molecular weight excluding hydrogens is 246 g/mol. The maximum atomic E-state index is 11.6. The van der Waals surface area contributed by atoms with Crippen LogP contribution in [0.2, 0.25) is 0 Å². The molecule has 6 nitrogen and oxygen atoms in total. The average Bonchev–Trinajstić information content (AvgIpc) is 2.91. The number of amides is 2. The molecule has 2 N–H and O–H groups in total. The Morgan fingerprint density at radius 1 is 1.26 bits per heavy atom. The summed E-state index contributed by atoms with van der Waals surface area (Å²) >= 11 is 0. The predicted molar refractivity (Wildman–Crippen MR) is 68.2 cm³/mol. The molecule has 2 aromatic heterocycles. The van der Waals surface area contributed by atoms with E-state index in [9.17, 15) is 9.59 Å². The third-order valence-electron chi connectivity index (χ3n) is 2.36. The molecule has 19 heavy (non-hydrogen) atoms. The van der Waals surface area contributed by atoms with Crippen molar-refractivity contribution in [3.8, 4) is 0 Å². The maximum Gasteiger partial charge on any atom is 0.314 e. The lowest BCUT2D eigenvalue weighted by atomic mass is 10.3. The zero-order valence-corrected chi connectivity index (χ0v) is 10.3. The van der Waals surface area contributed by atoms with Gasteiger partial charge in [-0.3, -0.25) is 9.59 Å². The number of nitrogens with one attached hydrogen (secondary N) is 2. The monoisotopic (exact) mass is 259 g/mol. The summed E-state index contributed by atoms with van der Waals surface area (Å²) in [7, 11) is 0. The van der Waals surface area contributed by atoms with Crippen molar-refractivity contribution >= 4 is 17.6 Å². The number of carbonyl (C=O) groups excluding carboxylic acids is 2. The smallest absolute Gasteiger partial charge is 0.314 e. The minimum Gasteiger partial charge on any atom is -0.467 e. The quantitative estimate of drug-likeness (QED) is 0.812. The maximum absolute atomic E-state index is 11.6. The van der Waals surface area contributed by atoms with E-state index >= 15 is 0 Å². The van der Waals surface area contributed by atoms with Gasteiger partial charge in [-0.15, -0.1) is 0 Å². The molecule has 0 aliphatic rings. The molecule has 2 aromatic rings. The Morgan fingerprint density at radius 3 is 2.74 bits per heavy atom. The zero-order chi connectivity index (χ0) is 13.7. The normalized spacial score (nSPS) is 9.95. The molecule has 2 rings (SSSR count). The van der Waals surface area contributed by atoms with E-state index in [-0.39, 0.29) is 6.54 Å². The Morgan fingerprint density at radius 2 is 2.11 bits per heavy atom. The van der Waals surface area contributed by atoms with E-state index in [1.165, 1.54) is 6.26 Å². The van der Waals surface area contributed by atoms with Gasteiger partial charge in [0.15, 0.2) is 0 Å². The number of aromatic nitrogens is 1. The number of carbonyl (C=O) groups is 2. The van der Waals surface area contributed by atoms with Crippen LogP contribution in [0.25, 0.3) is 0 Å². The molecule has 0 unspecified atom stereocenters. The Kier molecular flexibility index (Phi) is 3.92. The first-order valence-electron chi connectivity index (χ1n) is 5.69. The van der Waals surface area contributed by atoms with Gasteiger partial charge in [-0.2, -0.15) is 0 Å². The van der Waals surface area contributed by atoms with E-state index in [1.807, 2.05) is 6.92 Å². The Balaban J connectivity index is 1.85. The SMILES string of the molecule is Cc1ccc(NC(=O)C(=O)NCc2ccco2)nc1. The molecule has 6 heteroatoms. The topological polar surface area (TPSA) is 84.2 Å². The molecule has 0 spiro atoms. The predicted octanol–water partition coefficient (Wildman–Crippen LogP) is 1.24. The summed E-state index contributed by atoms with van der Waals surface area (Å²) in [5.74, 6) is -0.583. The summed E-state index contributed by atoms with van der Waals surface area (Å²) in [4.78, 5) is 27.1. The fraction of sp³-hybridized carbons (Fsp3) is 0.154. The molecule has 0 saturated heterocycles. The van der Waals surface area contributed by atoms with Crippen LogP contribution in [0.4, 0.5) is 5.82 Å². The van der Waals surface area contributed by atoms with Gasteiger partial charge in [-0.25, -0.2) is 4.98 Å². The summed E-state index contributed by atoms with van der Waals surface area (Å²) in [6, 6.07) is 6.84. The molecule has 0 saturated carbocycles. The van der Waals surface area contributed by atoms with E-state index in [0.717, 1.165) is 5.56 Å². The molecule has 0 aliphatic heterocycles. The third kappa shape index (κ3) is 3.67. The van der Waals surface area contributed by atoms with E-state index in [4.69, 9.17) is 4.42 Å². The van der Waals surface area contributed by atoms with Crippen LogP contribution in [0, 0.1) is 6.92 Å². The fourth-order valence-corrected chi connectivity index (χ4v) is 1.38. The summed E-state index contributed by atoms with van der Waals surface area (Å²) in [5.41, 5.74) is 0.972. The lowest BCUT2D eigenvalue weighted by molar-refractivity contribution is -0.136. The minimum absolute atomic E-state index is 0.167. The highest BCUT2D eigenvalue weighted by Crippen LogP contribution is 2.03. The van der Waals surface area contributed by atoms with Gasteiger partial charge in [0.05, 0.1) is 12.8 Å². The van der Waals surface area contributed by atoms with Crippen molar-refractivity contribution in [1.82, 2.24) is 10.3 Å². The Bertz CT molecular complexity index is 561. The van der Waals surface area contributed by atoms with Crippen LogP contribution in [0.3, 0.4) is 0 Å². The molecule has 2 heterocycles. The Labute approximate surface area is 109 Å². The summed E-state index contributed by atoms with van der Waals surface area (Å²) in [6.45, 7) is 2.05. The molecule has 98 valence electrons. The van der Waals surface area contributed by atoms with Crippen LogP contribution < -0.4 is 10.6 Å². The van der Waals surface area contributed by atoms with Crippen LogP contribution in [0.15, 0.2) is 41.1 Å². The van der Waals surface area contributed by atoms with Gasteiger partial charge in [0, 0.05) is 6.20 Å². The van der Waals surface area contributed by atoms with Gasteiger partial charge >= 0.3 is 11.8 Å². The number of furan rings is 1. The van der Waals surface area contributed by atoms with E-state index in [1.54, 1.807) is 30.5 Å². The molecule has 0 atom stereocenters. The highest BCUT2D eigenvalue weighted by molar-refractivity contribution is 6.39. The van der Waals surface area contributed by atoms with Gasteiger partial charge in [0.1, 0.15) is 11.6 Å². The minimum atomic E-state index is -0.761. The van der Waals surface area contributed by atoms with E-state index in [0.29, 0.717) is 11.6 Å². The number of pyridine rings is 1. The second kappa shape index (κ2) is 5.81. The van der Waals surface area contributed by atoms with Gasteiger partial charge < -0.3 is 15.1 Å². The number of hydrogen-bond donors (Lipinski definition) is 2. The number of aryl methyl sites for hydroxylation is 1. The van der Waals surface area contributed by atoms with Crippen molar-refractivity contribution in [2.75, 3.05) is 5.32 Å². The van der Waals surface area contributed by atoms with Gasteiger partial charge in [0.2, 0.25) is 0 Å². The van der Waals surface area contributed by atoms with Crippen molar-refractivity contribution < 1.29 is 14.0 Å². The number of hydrogen-bond acceptors (Lipinski definition) is 4. The van der Waals surface area contributed by atoms with Gasteiger partial charge in [-0.05, 0) is 30.7 Å². The molecule has 0 radical (unpaired) electrons. The molecular formula is C13H13N3O3. The standard InChI is InChI=1S/C13H13N3O3/c1-9-4-5-11(14-7-9)16-13(18)12(17)15-8-10-3-2-6-19-10/h2-7H,8H2,1H3,(H,15,17)(H,14,16,18).